The van der Waals surface area contributed by atoms with Crippen LogP contribution in [0.25, 0.3) is 0 Å². The molecule has 0 saturated heterocycles. The molecule has 2 aromatic rings. The second-order valence-corrected chi connectivity index (χ2v) is 7.06. The number of hydrogen-bond acceptors (Lipinski definition) is 4. The lowest BCUT2D eigenvalue weighted by Crippen LogP contribution is -2.22. The van der Waals surface area contributed by atoms with E-state index in [4.69, 9.17) is 4.74 Å². The predicted molar refractivity (Wildman–Crippen MR) is 102 cm³/mol. The molecule has 4 nitrogen and oxygen atoms in total. The summed E-state index contributed by atoms with van der Waals surface area (Å²) in [6.45, 7) is 5.63. The Morgan fingerprint density at radius 2 is 1.64 bits per heavy atom. The van der Waals surface area contributed by atoms with Crippen LogP contribution in [0, 0.1) is 20.8 Å². The molecule has 1 N–H and O–H groups in total. The molecule has 0 radical (unpaired) electrons. The van der Waals surface area contributed by atoms with E-state index in [9.17, 15) is 9.59 Å². The summed E-state index contributed by atoms with van der Waals surface area (Å²) in [5, 5.41) is 2.80. The number of carbonyl (C=O) groups is 2. The SMILES string of the molecule is Cc1ccc(SCCC(=O)OCC(=O)Nc2c(C)cccc2C)cc1. The summed E-state index contributed by atoms with van der Waals surface area (Å²) in [6, 6.07) is 13.9. The molecule has 0 unspecified atom stereocenters. The van der Waals surface area contributed by atoms with Gasteiger partial charge in [-0.2, -0.15) is 0 Å². The minimum absolute atomic E-state index is 0.262. The number of benzene rings is 2. The van der Waals surface area contributed by atoms with E-state index < -0.39 is 0 Å². The molecule has 132 valence electrons. The van der Waals surface area contributed by atoms with Crippen LogP contribution in [-0.2, 0) is 14.3 Å². The number of nitrogens with one attached hydrogen (secondary N) is 1. The molecule has 2 aromatic carbocycles. The van der Waals surface area contributed by atoms with Gasteiger partial charge in [-0.15, -0.1) is 11.8 Å². The largest absolute Gasteiger partial charge is 0.456 e. The maximum absolute atomic E-state index is 12.0. The van der Waals surface area contributed by atoms with E-state index in [0.717, 1.165) is 21.7 Å². The molecule has 0 saturated carbocycles. The molecular weight excluding hydrogens is 334 g/mol. The molecule has 0 fully saturated rings. The van der Waals surface area contributed by atoms with Crippen molar-refractivity contribution in [3.05, 3.63) is 59.2 Å². The third-order valence-electron chi connectivity index (χ3n) is 3.71. The Labute approximate surface area is 153 Å². The molecule has 0 aliphatic carbocycles. The van der Waals surface area contributed by atoms with E-state index in [0.29, 0.717) is 5.75 Å². The van der Waals surface area contributed by atoms with Crippen LogP contribution in [0.4, 0.5) is 5.69 Å². The molecule has 0 aliphatic rings. The Morgan fingerprint density at radius 1 is 1.00 bits per heavy atom. The number of thioether (sulfide) groups is 1. The molecule has 0 aliphatic heterocycles. The van der Waals surface area contributed by atoms with Crippen molar-refractivity contribution < 1.29 is 14.3 Å². The van der Waals surface area contributed by atoms with E-state index in [1.165, 1.54) is 5.56 Å². The highest BCUT2D eigenvalue weighted by Crippen LogP contribution is 2.20. The summed E-state index contributed by atoms with van der Waals surface area (Å²) in [5.41, 5.74) is 3.94. The van der Waals surface area contributed by atoms with Crippen LogP contribution in [0.1, 0.15) is 23.1 Å². The van der Waals surface area contributed by atoms with E-state index in [2.05, 4.69) is 5.32 Å². The molecule has 0 aromatic heterocycles. The molecule has 0 spiro atoms. The summed E-state index contributed by atoms with van der Waals surface area (Å²) >= 11 is 1.60. The van der Waals surface area contributed by atoms with Gasteiger partial charge in [0.2, 0.25) is 0 Å². The van der Waals surface area contributed by atoms with E-state index in [1.54, 1.807) is 11.8 Å². The van der Waals surface area contributed by atoms with Gasteiger partial charge < -0.3 is 10.1 Å². The Hall–Kier alpha value is -2.27. The van der Waals surface area contributed by atoms with Gasteiger partial charge in [0.05, 0.1) is 6.42 Å². The number of esters is 1. The average molecular weight is 357 g/mol. The average Bonchev–Trinajstić information content (AvgIpc) is 2.58. The number of ether oxygens (including phenoxy) is 1. The minimum atomic E-state index is -0.365. The van der Waals surface area contributed by atoms with Gasteiger partial charge in [0.25, 0.3) is 5.91 Å². The monoisotopic (exact) mass is 357 g/mol. The van der Waals surface area contributed by atoms with Gasteiger partial charge >= 0.3 is 5.97 Å². The first-order valence-electron chi connectivity index (χ1n) is 8.17. The first-order chi connectivity index (χ1) is 12.0. The quantitative estimate of drug-likeness (QED) is 0.594. The number of rotatable bonds is 7. The van der Waals surface area contributed by atoms with Crippen LogP contribution >= 0.6 is 11.8 Å². The van der Waals surface area contributed by atoms with E-state index in [-0.39, 0.29) is 24.9 Å². The van der Waals surface area contributed by atoms with Gasteiger partial charge in [0, 0.05) is 16.3 Å². The normalized spacial score (nSPS) is 10.4. The number of anilines is 1. The zero-order chi connectivity index (χ0) is 18.2. The van der Waals surface area contributed by atoms with Gasteiger partial charge in [0.1, 0.15) is 0 Å². The molecule has 1 amide bonds. The van der Waals surface area contributed by atoms with Gasteiger partial charge in [-0.1, -0.05) is 35.9 Å². The van der Waals surface area contributed by atoms with Crippen LogP contribution < -0.4 is 5.32 Å². The second-order valence-electron chi connectivity index (χ2n) is 5.89. The zero-order valence-electron chi connectivity index (χ0n) is 14.8. The van der Waals surface area contributed by atoms with Crippen molar-refractivity contribution in [1.29, 1.82) is 0 Å². The highest BCUT2D eigenvalue weighted by atomic mass is 32.2. The van der Waals surface area contributed by atoms with E-state index >= 15 is 0 Å². The second kappa shape index (κ2) is 9.28. The molecule has 5 heteroatoms. The number of amides is 1. The van der Waals surface area contributed by atoms with Crippen molar-refractivity contribution in [3.63, 3.8) is 0 Å². The first-order valence-corrected chi connectivity index (χ1v) is 9.15. The van der Waals surface area contributed by atoms with Crippen LogP contribution in [-0.4, -0.2) is 24.2 Å². The lowest BCUT2D eigenvalue weighted by molar-refractivity contribution is -0.146. The van der Waals surface area contributed by atoms with Gasteiger partial charge in [0.15, 0.2) is 6.61 Å². The predicted octanol–water partition coefficient (Wildman–Crippen LogP) is 4.28. The molecular formula is C20H23NO3S. The van der Waals surface area contributed by atoms with Crippen molar-refractivity contribution in [2.75, 3.05) is 17.7 Å². The highest BCUT2D eigenvalue weighted by molar-refractivity contribution is 7.99. The van der Waals surface area contributed by atoms with Gasteiger partial charge in [-0.3, -0.25) is 9.59 Å². The lowest BCUT2D eigenvalue weighted by Gasteiger charge is -2.11. The van der Waals surface area contributed by atoms with Crippen LogP contribution in [0.15, 0.2) is 47.4 Å². The number of hydrogen-bond donors (Lipinski definition) is 1. The Balaban J connectivity index is 1.70. The van der Waals surface area contributed by atoms with Crippen molar-refractivity contribution in [2.45, 2.75) is 32.1 Å². The number of carbonyl (C=O) groups excluding carboxylic acids is 2. The van der Waals surface area contributed by atoms with Crippen molar-refractivity contribution in [1.82, 2.24) is 0 Å². The molecule has 2 rings (SSSR count). The fraction of sp³-hybridized carbons (Fsp3) is 0.300. The van der Waals surface area contributed by atoms with Crippen LogP contribution in [0.3, 0.4) is 0 Å². The number of aryl methyl sites for hydroxylation is 3. The van der Waals surface area contributed by atoms with Crippen molar-refractivity contribution in [2.24, 2.45) is 0 Å². The number of para-hydroxylation sites is 1. The zero-order valence-corrected chi connectivity index (χ0v) is 15.6. The Kier molecular flexibility index (Phi) is 7.07. The molecule has 0 heterocycles. The maximum Gasteiger partial charge on any atom is 0.307 e. The van der Waals surface area contributed by atoms with Gasteiger partial charge in [-0.25, -0.2) is 0 Å². The summed E-state index contributed by atoms with van der Waals surface area (Å²) < 4.78 is 5.05. The Bertz CT molecular complexity index is 721. The summed E-state index contributed by atoms with van der Waals surface area (Å²) in [4.78, 5) is 24.8. The van der Waals surface area contributed by atoms with Crippen molar-refractivity contribution >= 4 is 29.3 Å². The lowest BCUT2D eigenvalue weighted by atomic mass is 10.1. The first kappa shape index (κ1) is 19.1. The molecule has 0 atom stereocenters. The van der Waals surface area contributed by atoms with Gasteiger partial charge in [-0.05, 0) is 44.0 Å². The highest BCUT2D eigenvalue weighted by Gasteiger charge is 2.10. The summed E-state index contributed by atoms with van der Waals surface area (Å²) in [5.74, 6) is -0.0614. The topological polar surface area (TPSA) is 55.4 Å². The van der Waals surface area contributed by atoms with Crippen molar-refractivity contribution in [3.8, 4) is 0 Å². The fourth-order valence-corrected chi connectivity index (χ4v) is 3.13. The summed E-state index contributed by atoms with van der Waals surface area (Å²) in [6.07, 6.45) is 0.273. The standard InChI is InChI=1S/C20H23NO3S/c1-14-7-9-17(10-8-14)25-12-11-19(23)24-13-18(22)21-20-15(2)5-4-6-16(20)3/h4-10H,11-13H2,1-3H3,(H,21,22). The summed E-state index contributed by atoms with van der Waals surface area (Å²) in [7, 11) is 0. The molecule has 0 bridgehead atoms. The smallest absolute Gasteiger partial charge is 0.307 e. The van der Waals surface area contributed by atoms with Crippen LogP contribution in [0.5, 0.6) is 0 Å². The third-order valence-corrected chi connectivity index (χ3v) is 4.72. The van der Waals surface area contributed by atoms with E-state index in [1.807, 2.05) is 63.2 Å². The fourth-order valence-electron chi connectivity index (χ4n) is 2.29. The molecule has 25 heavy (non-hydrogen) atoms. The van der Waals surface area contributed by atoms with Crippen LogP contribution in [0.2, 0.25) is 0 Å². The minimum Gasteiger partial charge on any atom is -0.456 e. The third kappa shape index (κ3) is 6.27. The Morgan fingerprint density at radius 3 is 2.28 bits per heavy atom. The maximum atomic E-state index is 12.0.